The number of rotatable bonds is 6. The van der Waals surface area contributed by atoms with Gasteiger partial charge in [-0.2, -0.15) is 0 Å². The zero-order valence-electron chi connectivity index (χ0n) is 14.1. The fourth-order valence-corrected chi connectivity index (χ4v) is 3.64. The van der Waals surface area contributed by atoms with Crippen molar-refractivity contribution in [2.24, 2.45) is 5.92 Å². The number of aryl methyl sites for hydroxylation is 2. The number of hydrogen-bond acceptors (Lipinski definition) is 3. The van der Waals surface area contributed by atoms with Gasteiger partial charge in [-0.3, -0.25) is 0 Å². The van der Waals surface area contributed by atoms with Crippen LogP contribution in [0.15, 0.2) is 12.1 Å². The molecule has 0 N–H and O–H groups in total. The Hall–Kier alpha value is -1.22. The molecule has 0 amide bonds. The van der Waals surface area contributed by atoms with Gasteiger partial charge in [-0.25, -0.2) is 0 Å². The van der Waals surface area contributed by atoms with Crippen molar-refractivity contribution in [3.63, 3.8) is 0 Å². The van der Waals surface area contributed by atoms with Gasteiger partial charge in [0.2, 0.25) is 0 Å². The summed E-state index contributed by atoms with van der Waals surface area (Å²) in [5.74, 6) is 1.77. The number of anilines is 1. The average molecular weight is 303 g/mol. The molecular weight excluding hydrogens is 274 g/mol. The van der Waals surface area contributed by atoms with E-state index in [1.54, 1.807) is 0 Å². The van der Waals surface area contributed by atoms with Crippen molar-refractivity contribution in [3.05, 3.63) is 23.3 Å². The van der Waals surface area contributed by atoms with Crippen molar-refractivity contribution in [2.45, 2.75) is 46.0 Å². The quantitative estimate of drug-likeness (QED) is 0.797. The molecule has 0 spiro atoms. The summed E-state index contributed by atoms with van der Waals surface area (Å²) in [5.41, 5.74) is 4.30. The Balaban J connectivity index is 1.85. The molecule has 3 heteroatoms. The molecule has 22 heavy (non-hydrogen) atoms. The summed E-state index contributed by atoms with van der Waals surface area (Å²) in [6.45, 7) is 9.28. The van der Waals surface area contributed by atoms with Gasteiger partial charge >= 0.3 is 0 Å². The van der Waals surface area contributed by atoms with E-state index in [1.807, 2.05) is 0 Å². The first-order valence-electron chi connectivity index (χ1n) is 8.93. The lowest BCUT2D eigenvalue weighted by Gasteiger charge is -2.34. The highest BCUT2D eigenvalue weighted by atomic mass is 16.5. The second-order valence-electron chi connectivity index (χ2n) is 6.61. The third-order valence-electron chi connectivity index (χ3n) is 4.78. The van der Waals surface area contributed by atoms with E-state index in [4.69, 9.17) is 9.47 Å². The summed E-state index contributed by atoms with van der Waals surface area (Å²) in [6, 6.07) is 4.71. The second-order valence-corrected chi connectivity index (χ2v) is 6.61. The molecule has 2 heterocycles. The number of benzene rings is 1. The smallest absolute Gasteiger partial charge is 0.142 e. The Morgan fingerprint density at radius 3 is 2.55 bits per heavy atom. The van der Waals surface area contributed by atoms with Crippen molar-refractivity contribution >= 4 is 5.69 Å². The number of fused-ring (bicyclic) bond motifs is 1. The molecule has 0 aliphatic carbocycles. The van der Waals surface area contributed by atoms with Crippen LogP contribution in [0.3, 0.4) is 0 Å². The fraction of sp³-hybridized carbons (Fsp3) is 0.684. The third kappa shape index (κ3) is 3.40. The van der Waals surface area contributed by atoms with Crippen molar-refractivity contribution in [1.29, 1.82) is 0 Å². The minimum Gasteiger partial charge on any atom is -0.490 e. The molecule has 1 unspecified atom stereocenters. The largest absolute Gasteiger partial charge is 0.490 e. The van der Waals surface area contributed by atoms with Gasteiger partial charge in [-0.05, 0) is 42.5 Å². The minimum absolute atomic E-state index is 0.677. The van der Waals surface area contributed by atoms with E-state index >= 15 is 0 Å². The maximum Gasteiger partial charge on any atom is 0.142 e. The lowest BCUT2D eigenvalue weighted by Crippen LogP contribution is -2.37. The van der Waals surface area contributed by atoms with Crippen LogP contribution in [-0.2, 0) is 17.6 Å². The molecule has 1 fully saturated rings. The van der Waals surface area contributed by atoms with Gasteiger partial charge in [0.1, 0.15) is 12.4 Å². The first kappa shape index (κ1) is 15.7. The molecule has 1 aromatic rings. The van der Waals surface area contributed by atoms with Crippen LogP contribution in [0.25, 0.3) is 0 Å². The van der Waals surface area contributed by atoms with Crippen LogP contribution in [-0.4, -0.2) is 32.9 Å². The molecular formula is C19H29NO2. The monoisotopic (exact) mass is 303 g/mol. The summed E-state index contributed by atoms with van der Waals surface area (Å²) < 4.78 is 11.5. The summed E-state index contributed by atoms with van der Waals surface area (Å²) in [6.07, 6.45) is 5.92. The second kappa shape index (κ2) is 7.36. The maximum atomic E-state index is 5.97. The Bertz CT molecular complexity index is 494. The fourth-order valence-electron chi connectivity index (χ4n) is 3.64. The van der Waals surface area contributed by atoms with Crippen LogP contribution in [0, 0.1) is 5.92 Å². The van der Waals surface area contributed by atoms with Crippen molar-refractivity contribution in [1.82, 2.24) is 0 Å². The first-order chi connectivity index (χ1) is 10.8. The van der Waals surface area contributed by atoms with Crippen LogP contribution in [0.4, 0.5) is 5.69 Å². The van der Waals surface area contributed by atoms with Gasteiger partial charge in [-0.15, -0.1) is 0 Å². The highest BCUT2D eigenvalue weighted by Crippen LogP contribution is 2.36. The van der Waals surface area contributed by atoms with Gasteiger partial charge < -0.3 is 14.4 Å². The summed E-state index contributed by atoms with van der Waals surface area (Å²) >= 11 is 0. The third-order valence-corrected chi connectivity index (χ3v) is 4.78. The Morgan fingerprint density at radius 1 is 1.09 bits per heavy atom. The lowest BCUT2D eigenvalue weighted by atomic mass is 9.97. The standard InChI is InChI=1S/C19H29NO2/c1-3-5-16-11-18-19(12-17(16)6-4-2)22-10-8-20(18)13-15-7-9-21-14-15/h11-12,15H,3-10,13-14H2,1-2H3. The highest BCUT2D eigenvalue weighted by molar-refractivity contribution is 5.63. The van der Waals surface area contributed by atoms with E-state index in [1.165, 1.54) is 42.5 Å². The average Bonchev–Trinajstić information content (AvgIpc) is 3.02. The van der Waals surface area contributed by atoms with E-state index in [9.17, 15) is 0 Å². The molecule has 0 saturated carbocycles. The zero-order valence-corrected chi connectivity index (χ0v) is 14.1. The molecule has 2 aliphatic heterocycles. The maximum absolute atomic E-state index is 5.97. The summed E-state index contributed by atoms with van der Waals surface area (Å²) in [5, 5.41) is 0. The Labute approximate surface area is 134 Å². The summed E-state index contributed by atoms with van der Waals surface area (Å²) in [4.78, 5) is 2.52. The van der Waals surface area contributed by atoms with Gasteiger partial charge in [0.15, 0.2) is 0 Å². The normalized spacial score (nSPS) is 20.8. The van der Waals surface area contributed by atoms with Gasteiger partial charge in [-0.1, -0.05) is 26.7 Å². The number of nitrogens with zero attached hydrogens (tertiary/aromatic N) is 1. The molecule has 2 aliphatic rings. The minimum atomic E-state index is 0.677. The molecule has 0 bridgehead atoms. The van der Waals surface area contributed by atoms with E-state index in [2.05, 4.69) is 30.9 Å². The first-order valence-corrected chi connectivity index (χ1v) is 8.93. The van der Waals surface area contributed by atoms with Crippen molar-refractivity contribution < 1.29 is 9.47 Å². The van der Waals surface area contributed by atoms with Crippen LogP contribution in [0.1, 0.15) is 44.2 Å². The number of ether oxygens (including phenoxy) is 2. The Morgan fingerprint density at radius 2 is 1.86 bits per heavy atom. The van der Waals surface area contributed by atoms with E-state index in [0.29, 0.717) is 5.92 Å². The molecule has 122 valence electrons. The van der Waals surface area contributed by atoms with Crippen LogP contribution < -0.4 is 9.64 Å². The summed E-state index contributed by atoms with van der Waals surface area (Å²) in [7, 11) is 0. The van der Waals surface area contributed by atoms with Gasteiger partial charge in [0.05, 0.1) is 18.8 Å². The van der Waals surface area contributed by atoms with Crippen molar-refractivity contribution in [2.75, 3.05) is 37.8 Å². The molecule has 3 rings (SSSR count). The molecule has 0 radical (unpaired) electrons. The number of hydrogen-bond donors (Lipinski definition) is 0. The predicted molar refractivity (Wildman–Crippen MR) is 91.1 cm³/mol. The topological polar surface area (TPSA) is 21.7 Å². The molecule has 1 saturated heterocycles. The molecule has 1 atom stereocenters. The van der Waals surface area contributed by atoms with E-state index in [-0.39, 0.29) is 0 Å². The van der Waals surface area contributed by atoms with E-state index in [0.717, 1.165) is 45.1 Å². The zero-order chi connectivity index (χ0) is 15.4. The lowest BCUT2D eigenvalue weighted by molar-refractivity contribution is 0.186. The van der Waals surface area contributed by atoms with Gasteiger partial charge in [0, 0.05) is 19.1 Å². The highest BCUT2D eigenvalue weighted by Gasteiger charge is 2.25. The van der Waals surface area contributed by atoms with Crippen LogP contribution >= 0.6 is 0 Å². The van der Waals surface area contributed by atoms with E-state index < -0.39 is 0 Å². The van der Waals surface area contributed by atoms with Gasteiger partial charge in [0.25, 0.3) is 0 Å². The molecule has 0 aromatic heterocycles. The van der Waals surface area contributed by atoms with Crippen LogP contribution in [0.2, 0.25) is 0 Å². The molecule has 3 nitrogen and oxygen atoms in total. The SMILES string of the molecule is CCCc1cc2c(cc1CCC)N(CC1CCOC1)CCO2. The van der Waals surface area contributed by atoms with Crippen LogP contribution in [0.5, 0.6) is 5.75 Å². The van der Waals surface area contributed by atoms with Crippen molar-refractivity contribution in [3.8, 4) is 5.75 Å². The predicted octanol–water partition coefficient (Wildman–Crippen LogP) is 3.83. The Kier molecular flexibility index (Phi) is 5.24. The molecule has 1 aromatic carbocycles.